The highest BCUT2D eigenvalue weighted by molar-refractivity contribution is 5.96. The monoisotopic (exact) mass is 486 g/mol. The van der Waals surface area contributed by atoms with Gasteiger partial charge in [-0.3, -0.25) is 9.69 Å². The van der Waals surface area contributed by atoms with Crippen molar-refractivity contribution in [2.75, 3.05) is 38.5 Å². The molecule has 0 radical (unpaired) electrons. The Morgan fingerprint density at radius 1 is 0.833 bits per heavy atom. The normalized spacial score (nSPS) is 15.1. The van der Waals surface area contributed by atoms with Gasteiger partial charge in [-0.15, -0.1) is 0 Å². The molecule has 3 aromatic rings. The highest BCUT2D eigenvalue weighted by atomic mass is 16.5. The van der Waals surface area contributed by atoms with Crippen LogP contribution in [0, 0.1) is 0 Å². The largest absolute Gasteiger partial charge is 0.445 e. The second-order valence-corrected chi connectivity index (χ2v) is 9.22. The molecule has 1 saturated heterocycles. The van der Waals surface area contributed by atoms with Gasteiger partial charge in [0.25, 0.3) is 0 Å². The van der Waals surface area contributed by atoms with Crippen LogP contribution < -0.4 is 10.6 Å². The van der Waals surface area contributed by atoms with E-state index in [0.717, 1.165) is 49.4 Å². The van der Waals surface area contributed by atoms with Crippen molar-refractivity contribution in [3.05, 3.63) is 102 Å². The van der Waals surface area contributed by atoms with Crippen molar-refractivity contribution in [3.63, 3.8) is 0 Å². The second-order valence-electron chi connectivity index (χ2n) is 9.22. The molecule has 1 aliphatic rings. The molecule has 1 atom stereocenters. The number of carbonyl (C=O) groups excluding carboxylic acids is 2. The first kappa shape index (κ1) is 25.4. The first-order valence-corrected chi connectivity index (χ1v) is 12.4. The van der Waals surface area contributed by atoms with Gasteiger partial charge in [0.05, 0.1) is 0 Å². The Balaban J connectivity index is 1.39. The zero-order chi connectivity index (χ0) is 25.2. The van der Waals surface area contributed by atoms with Gasteiger partial charge in [-0.25, -0.2) is 4.79 Å². The number of nitrogens with zero attached hydrogens (tertiary/aromatic N) is 2. The average Bonchev–Trinajstić information content (AvgIpc) is 2.90. The molecule has 3 aromatic carbocycles. The zero-order valence-electron chi connectivity index (χ0n) is 20.7. The molecule has 7 nitrogen and oxygen atoms in total. The van der Waals surface area contributed by atoms with E-state index in [1.165, 1.54) is 0 Å². The molecule has 36 heavy (non-hydrogen) atoms. The summed E-state index contributed by atoms with van der Waals surface area (Å²) in [6.45, 7) is 5.16. The Morgan fingerprint density at radius 3 is 2.17 bits per heavy atom. The predicted octanol–water partition coefficient (Wildman–Crippen LogP) is 3.91. The van der Waals surface area contributed by atoms with Gasteiger partial charge >= 0.3 is 6.09 Å². The summed E-state index contributed by atoms with van der Waals surface area (Å²) < 4.78 is 5.37. The molecule has 7 heteroatoms. The first-order valence-electron chi connectivity index (χ1n) is 12.4. The number of piperazine rings is 1. The van der Waals surface area contributed by atoms with Crippen LogP contribution in [-0.4, -0.2) is 61.1 Å². The summed E-state index contributed by atoms with van der Waals surface area (Å²) in [6, 6.07) is 26.2. The van der Waals surface area contributed by atoms with Crippen LogP contribution in [0.15, 0.2) is 84.9 Å². The second kappa shape index (κ2) is 12.9. The molecule has 4 rings (SSSR count). The number of alkyl carbamates (subject to hydrolysis) is 1. The number of rotatable bonds is 9. The van der Waals surface area contributed by atoms with Gasteiger partial charge in [-0.2, -0.15) is 0 Å². The molecule has 0 saturated carbocycles. The maximum absolute atomic E-state index is 13.3. The molecule has 188 valence electrons. The van der Waals surface area contributed by atoms with Crippen molar-refractivity contribution in [2.45, 2.75) is 25.6 Å². The van der Waals surface area contributed by atoms with Crippen molar-refractivity contribution >= 4 is 17.7 Å². The van der Waals surface area contributed by atoms with Crippen molar-refractivity contribution < 1.29 is 14.3 Å². The van der Waals surface area contributed by atoms with Gasteiger partial charge in [-0.1, -0.05) is 72.8 Å². The van der Waals surface area contributed by atoms with E-state index in [0.29, 0.717) is 12.1 Å². The number of benzene rings is 3. The number of carbonyl (C=O) groups is 2. The van der Waals surface area contributed by atoms with Crippen molar-refractivity contribution in [1.29, 1.82) is 0 Å². The standard InChI is InChI=1S/C29H34N4O3/c1-32-15-17-33(18-16-32)21-25-13-8-14-26(19-25)30-28(34)27(20-23-9-4-2-5-10-23)31-29(35)36-22-24-11-6-3-7-12-24/h2-14,19,27H,15-18,20-22H2,1H3,(H,30,34)(H,31,35)/t27-/m0/s1. The van der Waals surface area contributed by atoms with Gasteiger partial charge in [0.15, 0.2) is 0 Å². The third kappa shape index (κ3) is 7.93. The van der Waals surface area contributed by atoms with E-state index < -0.39 is 12.1 Å². The molecular weight excluding hydrogens is 452 g/mol. The van der Waals surface area contributed by atoms with E-state index in [1.54, 1.807) is 0 Å². The fourth-order valence-corrected chi connectivity index (χ4v) is 4.21. The Labute approximate surface area is 213 Å². The molecule has 0 aromatic heterocycles. The van der Waals surface area contributed by atoms with E-state index in [4.69, 9.17) is 4.74 Å². The van der Waals surface area contributed by atoms with Crippen LogP contribution in [0.25, 0.3) is 0 Å². The topological polar surface area (TPSA) is 73.9 Å². The molecule has 2 N–H and O–H groups in total. The van der Waals surface area contributed by atoms with Crippen LogP contribution in [0.3, 0.4) is 0 Å². The van der Waals surface area contributed by atoms with Crippen LogP contribution in [0.1, 0.15) is 16.7 Å². The smallest absolute Gasteiger partial charge is 0.408 e. The van der Waals surface area contributed by atoms with Crippen LogP contribution in [-0.2, 0) is 29.1 Å². The summed E-state index contributed by atoms with van der Waals surface area (Å²) >= 11 is 0. The minimum absolute atomic E-state index is 0.140. The van der Waals surface area contributed by atoms with Gasteiger partial charge < -0.3 is 20.3 Å². The fraction of sp³-hybridized carbons (Fsp3) is 0.310. The number of ether oxygens (including phenoxy) is 1. The van der Waals surface area contributed by atoms with Crippen LogP contribution in [0.4, 0.5) is 10.5 Å². The molecule has 0 unspecified atom stereocenters. The SMILES string of the molecule is CN1CCN(Cc2cccc(NC(=O)[C@H](Cc3ccccc3)NC(=O)OCc3ccccc3)c2)CC1. The van der Waals surface area contributed by atoms with Gasteiger partial charge in [0.2, 0.25) is 5.91 Å². The lowest BCUT2D eigenvalue weighted by Gasteiger charge is -2.32. The lowest BCUT2D eigenvalue weighted by Crippen LogP contribution is -2.45. The molecule has 1 fully saturated rings. The van der Waals surface area contributed by atoms with Gasteiger partial charge in [0.1, 0.15) is 12.6 Å². The summed E-state index contributed by atoms with van der Waals surface area (Å²) in [7, 11) is 2.14. The molecule has 1 heterocycles. The molecule has 0 aliphatic carbocycles. The van der Waals surface area contributed by atoms with Crippen LogP contribution in [0.2, 0.25) is 0 Å². The minimum Gasteiger partial charge on any atom is -0.445 e. The van der Waals surface area contributed by atoms with Crippen molar-refractivity contribution in [1.82, 2.24) is 15.1 Å². The zero-order valence-corrected chi connectivity index (χ0v) is 20.7. The van der Waals surface area contributed by atoms with E-state index in [2.05, 4.69) is 33.5 Å². The van der Waals surface area contributed by atoms with Gasteiger partial charge in [-0.05, 0) is 35.9 Å². The number of hydrogen-bond donors (Lipinski definition) is 2. The third-order valence-corrected chi connectivity index (χ3v) is 6.30. The molecule has 2 amide bonds. The summed E-state index contributed by atoms with van der Waals surface area (Å²) in [5.74, 6) is -0.285. The molecular formula is C29H34N4O3. The highest BCUT2D eigenvalue weighted by Gasteiger charge is 2.23. The van der Waals surface area contributed by atoms with Crippen molar-refractivity contribution in [3.8, 4) is 0 Å². The summed E-state index contributed by atoms with van der Waals surface area (Å²) in [5, 5.41) is 5.74. The number of anilines is 1. The molecule has 0 bridgehead atoms. The van der Waals surface area contributed by atoms with E-state index in [-0.39, 0.29) is 12.5 Å². The Bertz CT molecular complexity index is 1120. The minimum atomic E-state index is -0.781. The Kier molecular flexibility index (Phi) is 9.08. The Morgan fingerprint density at radius 2 is 1.47 bits per heavy atom. The number of amides is 2. The maximum Gasteiger partial charge on any atom is 0.408 e. The number of hydrogen-bond acceptors (Lipinski definition) is 5. The molecule has 0 spiro atoms. The van der Waals surface area contributed by atoms with Crippen LogP contribution in [0.5, 0.6) is 0 Å². The third-order valence-electron chi connectivity index (χ3n) is 6.30. The van der Waals surface area contributed by atoms with E-state index >= 15 is 0 Å². The van der Waals surface area contributed by atoms with Crippen LogP contribution >= 0.6 is 0 Å². The van der Waals surface area contributed by atoms with E-state index in [9.17, 15) is 9.59 Å². The first-order chi connectivity index (χ1) is 17.5. The predicted molar refractivity (Wildman–Crippen MR) is 142 cm³/mol. The highest BCUT2D eigenvalue weighted by Crippen LogP contribution is 2.15. The maximum atomic E-state index is 13.3. The number of nitrogens with one attached hydrogen (secondary N) is 2. The summed E-state index contributed by atoms with van der Waals surface area (Å²) in [5.41, 5.74) is 3.69. The lowest BCUT2D eigenvalue weighted by molar-refractivity contribution is -0.118. The fourth-order valence-electron chi connectivity index (χ4n) is 4.21. The summed E-state index contributed by atoms with van der Waals surface area (Å²) in [4.78, 5) is 30.6. The quantitative estimate of drug-likeness (QED) is 0.480. The molecule has 1 aliphatic heterocycles. The summed E-state index contributed by atoms with van der Waals surface area (Å²) in [6.07, 6.45) is -0.271. The van der Waals surface area contributed by atoms with E-state index in [1.807, 2.05) is 78.9 Å². The Hall–Kier alpha value is -3.68. The van der Waals surface area contributed by atoms with Gasteiger partial charge in [0, 0.05) is 44.8 Å². The number of likely N-dealkylation sites (N-methyl/N-ethyl adjacent to an activating group) is 1. The lowest BCUT2D eigenvalue weighted by atomic mass is 10.1. The van der Waals surface area contributed by atoms with Crippen molar-refractivity contribution in [2.24, 2.45) is 0 Å². The average molecular weight is 487 g/mol.